The maximum absolute atomic E-state index is 11.0. The van der Waals surface area contributed by atoms with E-state index in [0.29, 0.717) is 18.3 Å². The van der Waals surface area contributed by atoms with Crippen LogP contribution in [0.1, 0.15) is 30.0 Å². The number of rotatable bonds is 5. The standard InChI is InChI=1S/C7H10BrIN4S2.C5H5IN2O2S/c1-5-7(9,4-8)15-12-13(5)2-6-3-14-11-10-6;1-2-10-5(9)3-4(6)11-8-7-3/h3,5,12H,2,4H2,1H3;2H2,1H3. The molecule has 0 spiro atoms. The zero-order valence-electron chi connectivity index (χ0n) is 13.7. The number of aromatic nitrogens is 4. The molecule has 1 aliphatic heterocycles. The van der Waals surface area contributed by atoms with E-state index in [2.05, 4.69) is 74.5 Å². The Bertz CT molecular complexity index is 709. The van der Waals surface area contributed by atoms with E-state index in [-0.39, 0.29) is 2.75 Å². The van der Waals surface area contributed by atoms with E-state index in [1.807, 2.05) is 28.0 Å². The lowest BCUT2D eigenvalue weighted by Crippen LogP contribution is -2.40. The third-order valence-corrected chi connectivity index (χ3v) is 10.8. The first-order valence-corrected chi connectivity index (χ1v) is 13.0. The summed E-state index contributed by atoms with van der Waals surface area (Å²) in [5.41, 5.74) is 1.34. The summed E-state index contributed by atoms with van der Waals surface area (Å²) >= 11 is 12.4. The number of carbonyl (C=O) groups is 1. The number of hydrogen-bond acceptors (Lipinski definition) is 11. The summed E-state index contributed by atoms with van der Waals surface area (Å²) in [5, 5.41) is 12.8. The van der Waals surface area contributed by atoms with Crippen molar-refractivity contribution in [1.29, 1.82) is 0 Å². The van der Waals surface area contributed by atoms with Crippen molar-refractivity contribution in [2.45, 2.75) is 29.2 Å². The van der Waals surface area contributed by atoms with E-state index in [4.69, 9.17) is 4.74 Å². The van der Waals surface area contributed by atoms with Gasteiger partial charge in [0.05, 0.1) is 18.8 Å². The van der Waals surface area contributed by atoms with E-state index in [1.165, 1.54) is 23.1 Å². The Labute approximate surface area is 199 Å². The SMILES string of the molecule is CC1N(Cc2csnn2)NSC1(I)CBr.CCOC(=O)c1nnsc1I. The maximum Gasteiger partial charge on any atom is 0.360 e. The molecule has 0 bridgehead atoms. The molecule has 14 heteroatoms. The van der Waals surface area contributed by atoms with Crippen LogP contribution >= 0.6 is 96.1 Å². The minimum Gasteiger partial charge on any atom is -0.461 e. The molecule has 144 valence electrons. The van der Waals surface area contributed by atoms with Crippen LogP contribution < -0.4 is 4.83 Å². The van der Waals surface area contributed by atoms with E-state index in [0.717, 1.165) is 20.5 Å². The van der Waals surface area contributed by atoms with E-state index < -0.39 is 5.97 Å². The summed E-state index contributed by atoms with van der Waals surface area (Å²) in [6, 6.07) is 0.448. The van der Waals surface area contributed by atoms with Gasteiger partial charge >= 0.3 is 5.97 Å². The minimum absolute atomic E-state index is 0.182. The molecule has 2 atom stereocenters. The number of esters is 1. The Hall–Kier alpha value is 0.800. The lowest BCUT2D eigenvalue weighted by Gasteiger charge is -2.25. The van der Waals surface area contributed by atoms with Crippen LogP contribution in [0, 0.1) is 2.88 Å². The quantitative estimate of drug-likeness (QED) is 0.216. The number of nitrogens with one attached hydrogen (secondary N) is 1. The zero-order chi connectivity index (χ0) is 19.2. The molecule has 1 saturated heterocycles. The summed E-state index contributed by atoms with van der Waals surface area (Å²) in [6.45, 7) is 5.15. The molecule has 8 nitrogen and oxygen atoms in total. The number of hydrogen-bond donors (Lipinski definition) is 1. The highest BCUT2D eigenvalue weighted by Crippen LogP contribution is 2.43. The van der Waals surface area contributed by atoms with Crippen molar-refractivity contribution in [2.24, 2.45) is 0 Å². The van der Waals surface area contributed by atoms with Crippen LogP contribution in [0.2, 0.25) is 0 Å². The molecule has 0 amide bonds. The van der Waals surface area contributed by atoms with Gasteiger partial charge in [0, 0.05) is 16.8 Å². The number of ether oxygens (including phenoxy) is 1. The fraction of sp³-hybridized carbons (Fsp3) is 0.583. The second kappa shape index (κ2) is 11.1. The van der Waals surface area contributed by atoms with Gasteiger partial charge in [0.15, 0.2) is 5.69 Å². The van der Waals surface area contributed by atoms with Crippen molar-refractivity contribution in [3.8, 4) is 0 Å². The van der Waals surface area contributed by atoms with Crippen molar-refractivity contribution in [2.75, 3.05) is 11.9 Å². The fourth-order valence-corrected chi connectivity index (χ4v) is 5.49. The van der Waals surface area contributed by atoms with E-state index >= 15 is 0 Å². The topological polar surface area (TPSA) is 93.1 Å². The van der Waals surface area contributed by atoms with Crippen molar-refractivity contribution in [1.82, 2.24) is 29.0 Å². The summed E-state index contributed by atoms with van der Waals surface area (Å²) < 4.78 is 13.1. The second-order valence-electron chi connectivity index (χ2n) is 4.93. The van der Waals surface area contributed by atoms with Gasteiger partial charge < -0.3 is 4.74 Å². The molecule has 3 heterocycles. The van der Waals surface area contributed by atoms with Crippen molar-refractivity contribution >= 4 is 102 Å². The Kier molecular flexibility index (Phi) is 9.86. The second-order valence-corrected chi connectivity index (χ2v) is 12.4. The molecular formula is C12H15BrI2N6O2S3. The summed E-state index contributed by atoms with van der Waals surface area (Å²) in [6.07, 6.45) is 0. The van der Waals surface area contributed by atoms with Crippen molar-refractivity contribution in [3.63, 3.8) is 0 Å². The minimum atomic E-state index is -0.398. The molecular weight excluding hydrogens is 690 g/mol. The van der Waals surface area contributed by atoms with Gasteiger partial charge in [0.1, 0.15) is 5.64 Å². The molecule has 1 aliphatic rings. The maximum atomic E-state index is 11.0. The first-order chi connectivity index (χ1) is 12.4. The van der Waals surface area contributed by atoms with Gasteiger partial charge in [0.25, 0.3) is 0 Å². The molecule has 0 saturated carbocycles. The largest absolute Gasteiger partial charge is 0.461 e. The Balaban J connectivity index is 0.000000197. The van der Waals surface area contributed by atoms with Crippen LogP contribution in [0.5, 0.6) is 0 Å². The van der Waals surface area contributed by atoms with E-state index in [9.17, 15) is 4.79 Å². The molecule has 1 fully saturated rings. The van der Waals surface area contributed by atoms with Crippen LogP contribution in [0.15, 0.2) is 5.38 Å². The third-order valence-electron chi connectivity index (χ3n) is 3.26. The molecule has 0 aliphatic carbocycles. The highest BCUT2D eigenvalue weighted by Gasteiger charge is 2.43. The van der Waals surface area contributed by atoms with Gasteiger partial charge in [-0.15, -0.1) is 10.2 Å². The Morgan fingerprint density at radius 2 is 2.27 bits per heavy atom. The molecule has 1 N–H and O–H groups in total. The van der Waals surface area contributed by atoms with Crippen LogP contribution in [-0.4, -0.2) is 50.9 Å². The molecule has 0 aromatic carbocycles. The lowest BCUT2D eigenvalue weighted by molar-refractivity contribution is 0.0518. The average Bonchev–Trinajstić information content (AvgIpc) is 3.34. The first kappa shape index (κ1) is 23.1. The molecule has 2 aromatic rings. The van der Waals surface area contributed by atoms with Gasteiger partial charge in [-0.2, -0.15) is 4.83 Å². The zero-order valence-corrected chi connectivity index (χ0v) is 22.0. The normalized spacial score (nSPS) is 22.7. The van der Waals surface area contributed by atoms with Crippen molar-refractivity contribution in [3.05, 3.63) is 19.7 Å². The van der Waals surface area contributed by atoms with Gasteiger partial charge in [-0.05, 0) is 71.5 Å². The van der Waals surface area contributed by atoms with Gasteiger partial charge in [-0.1, -0.05) is 47.5 Å². The van der Waals surface area contributed by atoms with Crippen LogP contribution in [0.25, 0.3) is 0 Å². The van der Waals surface area contributed by atoms with Gasteiger partial charge in [0.2, 0.25) is 0 Å². The van der Waals surface area contributed by atoms with Crippen LogP contribution in [0.4, 0.5) is 0 Å². The number of hydrazine groups is 1. The molecule has 26 heavy (non-hydrogen) atoms. The summed E-state index contributed by atoms with van der Waals surface area (Å²) in [7, 11) is 0. The average molecular weight is 705 g/mol. The smallest absolute Gasteiger partial charge is 0.360 e. The molecule has 2 unspecified atom stereocenters. The van der Waals surface area contributed by atoms with Gasteiger partial charge in [-0.25, -0.2) is 9.80 Å². The van der Waals surface area contributed by atoms with Gasteiger partial charge in [-0.3, -0.25) is 0 Å². The molecule has 2 aromatic heterocycles. The number of halogens is 3. The lowest BCUT2D eigenvalue weighted by atomic mass is 10.2. The predicted molar refractivity (Wildman–Crippen MR) is 125 cm³/mol. The molecule has 3 rings (SSSR count). The Morgan fingerprint density at radius 3 is 2.77 bits per heavy atom. The van der Waals surface area contributed by atoms with Crippen LogP contribution in [0.3, 0.4) is 0 Å². The predicted octanol–water partition coefficient (Wildman–Crippen LogP) is 3.74. The fourth-order valence-electron chi connectivity index (χ4n) is 1.77. The monoisotopic (exact) mass is 704 g/mol. The highest BCUT2D eigenvalue weighted by atomic mass is 127. The molecule has 0 radical (unpaired) electrons. The van der Waals surface area contributed by atoms with Crippen molar-refractivity contribution < 1.29 is 9.53 Å². The summed E-state index contributed by atoms with van der Waals surface area (Å²) in [5.74, 6) is -0.398. The number of alkyl halides is 2. The third kappa shape index (κ3) is 6.15. The number of nitrogens with zero attached hydrogens (tertiary/aromatic N) is 5. The first-order valence-electron chi connectivity index (χ1n) is 7.27. The van der Waals surface area contributed by atoms with E-state index in [1.54, 1.807) is 18.9 Å². The summed E-state index contributed by atoms with van der Waals surface area (Å²) in [4.78, 5) is 14.3. The van der Waals surface area contributed by atoms with Crippen LogP contribution in [-0.2, 0) is 11.3 Å². The Morgan fingerprint density at radius 1 is 1.50 bits per heavy atom. The highest BCUT2D eigenvalue weighted by molar-refractivity contribution is 14.1. The number of carbonyl (C=O) groups excluding carboxylic acids is 1.